The van der Waals surface area contributed by atoms with E-state index < -0.39 is 0 Å². The number of aromatic nitrogens is 2. The smallest absolute Gasteiger partial charge is 0.147 e. The Morgan fingerprint density at radius 3 is 2.72 bits per heavy atom. The molecule has 3 nitrogen and oxygen atoms in total. The first-order valence-electron chi connectivity index (χ1n) is 5.99. The molecule has 0 bridgehead atoms. The van der Waals surface area contributed by atoms with E-state index in [1.807, 2.05) is 37.4 Å². The number of ether oxygens (including phenoxy) is 1. The van der Waals surface area contributed by atoms with Crippen molar-refractivity contribution < 1.29 is 4.74 Å². The molecule has 0 unspecified atom stereocenters. The van der Waals surface area contributed by atoms with Crippen LogP contribution in [-0.4, -0.2) is 9.55 Å². The van der Waals surface area contributed by atoms with Crippen LogP contribution in [0.25, 0.3) is 0 Å². The standard InChI is InChI=1S/C14H17ClN2O/c1-10(2)17-8-11(3)16-14(17)9-18-13-7-5-4-6-12(13)15/h4-8,10H,9H2,1-3H3. The summed E-state index contributed by atoms with van der Waals surface area (Å²) in [5, 5.41) is 0.622. The van der Waals surface area contributed by atoms with Crippen molar-refractivity contribution in [1.82, 2.24) is 9.55 Å². The van der Waals surface area contributed by atoms with Crippen LogP contribution in [0.15, 0.2) is 30.5 Å². The van der Waals surface area contributed by atoms with E-state index >= 15 is 0 Å². The fourth-order valence-electron chi connectivity index (χ4n) is 1.82. The zero-order valence-electron chi connectivity index (χ0n) is 10.9. The Balaban J connectivity index is 2.13. The largest absolute Gasteiger partial charge is 0.484 e. The monoisotopic (exact) mass is 264 g/mol. The Morgan fingerprint density at radius 2 is 2.06 bits per heavy atom. The van der Waals surface area contributed by atoms with Crippen LogP contribution in [0.1, 0.15) is 31.4 Å². The van der Waals surface area contributed by atoms with Gasteiger partial charge in [0, 0.05) is 12.2 Å². The van der Waals surface area contributed by atoms with Crippen LogP contribution < -0.4 is 4.74 Å². The number of rotatable bonds is 4. The third kappa shape index (κ3) is 2.85. The minimum atomic E-state index is 0.371. The number of hydrogen-bond donors (Lipinski definition) is 0. The highest BCUT2D eigenvalue weighted by Gasteiger charge is 2.09. The predicted molar refractivity (Wildman–Crippen MR) is 73.1 cm³/mol. The van der Waals surface area contributed by atoms with Crippen LogP contribution in [0.5, 0.6) is 5.75 Å². The van der Waals surface area contributed by atoms with Crippen LogP contribution in [0.3, 0.4) is 0 Å². The van der Waals surface area contributed by atoms with Gasteiger partial charge in [-0.25, -0.2) is 4.98 Å². The first kappa shape index (κ1) is 13.0. The van der Waals surface area contributed by atoms with Gasteiger partial charge in [0.05, 0.1) is 10.7 Å². The molecule has 0 radical (unpaired) electrons. The number of nitrogens with zero attached hydrogens (tertiary/aromatic N) is 2. The van der Waals surface area contributed by atoms with Gasteiger partial charge in [-0.3, -0.25) is 0 Å². The lowest BCUT2D eigenvalue weighted by molar-refractivity contribution is 0.286. The summed E-state index contributed by atoms with van der Waals surface area (Å²) in [6.45, 7) is 6.66. The van der Waals surface area contributed by atoms with E-state index in [-0.39, 0.29) is 0 Å². The van der Waals surface area contributed by atoms with Crippen LogP contribution in [-0.2, 0) is 6.61 Å². The average Bonchev–Trinajstić information content (AvgIpc) is 2.70. The van der Waals surface area contributed by atoms with Crippen molar-refractivity contribution in [2.45, 2.75) is 33.4 Å². The van der Waals surface area contributed by atoms with Gasteiger partial charge in [0.1, 0.15) is 18.2 Å². The lowest BCUT2D eigenvalue weighted by atomic mass is 10.3. The van der Waals surface area contributed by atoms with Crippen LogP contribution in [0.2, 0.25) is 5.02 Å². The fraction of sp³-hybridized carbons (Fsp3) is 0.357. The number of hydrogen-bond acceptors (Lipinski definition) is 2. The lowest BCUT2D eigenvalue weighted by Crippen LogP contribution is -2.08. The molecule has 0 saturated carbocycles. The molecule has 0 aliphatic heterocycles. The summed E-state index contributed by atoms with van der Waals surface area (Å²) in [5.41, 5.74) is 1.00. The minimum Gasteiger partial charge on any atom is -0.484 e. The van der Waals surface area contributed by atoms with E-state index in [0.717, 1.165) is 11.5 Å². The number of benzene rings is 1. The van der Waals surface area contributed by atoms with E-state index in [9.17, 15) is 0 Å². The number of aryl methyl sites for hydroxylation is 1. The maximum atomic E-state index is 6.05. The van der Waals surface area contributed by atoms with E-state index in [2.05, 4.69) is 23.4 Å². The third-order valence-electron chi connectivity index (χ3n) is 2.68. The molecule has 4 heteroatoms. The third-order valence-corrected chi connectivity index (χ3v) is 2.99. The molecule has 96 valence electrons. The van der Waals surface area contributed by atoms with Gasteiger partial charge in [-0.15, -0.1) is 0 Å². The highest BCUT2D eigenvalue weighted by Crippen LogP contribution is 2.24. The molecule has 2 rings (SSSR count). The molecule has 0 aliphatic carbocycles. The highest BCUT2D eigenvalue weighted by molar-refractivity contribution is 6.32. The highest BCUT2D eigenvalue weighted by atomic mass is 35.5. The van der Waals surface area contributed by atoms with Crippen LogP contribution in [0, 0.1) is 6.92 Å². The second-order valence-electron chi connectivity index (χ2n) is 4.52. The van der Waals surface area contributed by atoms with Gasteiger partial charge in [0.25, 0.3) is 0 Å². The molecule has 1 aromatic carbocycles. The zero-order valence-corrected chi connectivity index (χ0v) is 11.6. The van der Waals surface area contributed by atoms with Crippen molar-refractivity contribution in [3.05, 3.63) is 47.0 Å². The minimum absolute atomic E-state index is 0.371. The van der Waals surface area contributed by atoms with Gasteiger partial charge < -0.3 is 9.30 Å². The Labute approximate surface area is 112 Å². The number of imidazole rings is 1. The van der Waals surface area contributed by atoms with E-state index in [1.165, 1.54) is 0 Å². The summed E-state index contributed by atoms with van der Waals surface area (Å²) in [6, 6.07) is 7.83. The summed E-state index contributed by atoms with van der Waals surface area (Å²) >= 11 is 6.05. The Kier molecular flexibility index (Phi) is 3.92. The van der Waals surface area contributed by atoms with Crippen molar-refractivity contribution in [3.8, 4) is 5.75 Å². The van der Waals surface area contributed by atoms with Gasteiger partial charge in [-0.05, 0) is 32.9 Å². The normalized spacial score (nSPS) is 10.9. The van der Waals surface area contributed by atoms with Crippen molar-refractivity contribution in [2.24, 2.45) is 0 Å². The molecule has 0 N–H and O–H groups in total. The fourth-order valence-corrected chi connectivity index (χ4v) is 2.01. The second kappa shape index (κ2) is 5.44. The molecular formula is C14H17ClN2O. The summed E-state index contributed by atoms with van der Waals surface area (Å²) in [5.74, 6) is 1.61. The topological polar surface area (TPSA) is 27.1 Å². The summed E-state index contributed by atoms with van der Waals surface area (Å²) in [6.07, 6.45) is 2.04. The maximum Gasteiger partial charge on any atom is 0.147 e. The zero-order chi connectivity index (χ0) is 13.1. The molecular weight excluding hydrogens is 248 g/mol. The molecule has 2 aromatic rings. The van der Waals surface area contributed by atoms with Gasteiger partial charge in [0.15, 0.2) is 0 Å². The Morgan fingerprint density at radius 1 is 1.33 bits per heavy atom. The molecule has 18 heavy (non-hydrogen) atoms. The van der Waals surface area contributed by atoms with Gasteiger partial charge in [0.2, 0.25) is 0 Å². The van der Waals surface area contributed by atoms with Gasteiger partial charge in [-0.1, -0.05) is 23.7 Å². The van der Waals surface area contributed by atoms with Crippen LogP contribution in [0.4, 0.5) is 0 Å². The van der Waals surface area contributed by atoms with Gasteiger partial charge in [-0.2, -0.15) is 0 Å². The first-order chi connectivity index (χ1) is 8.58. The SMILES string of the molecule is Cc1cn(C(C)C)c(COc2ccccc2Cl)n1. The van der Waals surface area contributed by atoms with Gasteiger partial charge >= 0.3 is 0 Å². The second-order valence-corrected chi connectivity index (χ2v) is 4.93. The van der Waals surface area contributed by atoms with Crippen molar-refractivity contribution in [3.63, 3.8) is 0 Å². The summed E-state index contributed by atoms with van der Waals surface area (Å²) in [4.78, 5) is 4.47. The van der Waals surface area contributed by atoms with Crippen molar-refractivity contribution in [2.75, 3.05) is 0 Å². The first-order valence-corrected chi connectivity index (χ1v) is 6.37. The molecule has 0 fully saturated rings. The number of para-hydroxylation sites is 1. The summed E-state index contributed by atoms with van der Waals surface area (Å²) < 4.78 is 7.83. The molecule has 0 amide bonds. The Bertz CT molecular complexity index is 534. The van der Waals surface area contributed by atoms with Crippen LogP contribution >= 0.6 is 11.6 Å². The predicted octanol–water partition coefficient (Wildman–Crippen LogP) is 4.00. The average molecular weight is 265 g/mol. The Hall–Kier alpha value is -1.48. The summed E-state index contributed by atoms with van der Waals surface area (Å²) in [7, 11) is 0. The molecule has 0 aliphatic rings. The lowest BCUT2D eigenvalue weighted by Gasteiger charge is -2.12. The molecule has 1 heterocycles. The van der Waals surface area contributed by atoms with E-state index in [4.69, 9.17) is 16.3 Å². The molecule has 0 atom stereocenters. The van der Waals surface area contributed by atoms with E-state index in [1.54, 1.807) is 0 Å². The maximum absolute atomic E-state index is 6.05. The quantitative estimate of drug-likeness (QED) is 0.834. The molecule has 0 saturated heterocycles. The van der Waals surface area contributed by atoms with E-state index in [0.29, 0.717) is 23.4 Å². The van der Waals surface area contributed by atoms with Crippen molar-refractivity contribution >= 4 is 11.6 Å². The number of halogens is 1. The van der Waals surface area contributed by atoms with Crippen molar-refractivity contribution in [1.29, 1.82) is 0 Å². The molecule has 0 spiro atoms. The molecule has 1 aromatic heterocycles.